The molecule has 1 amide bonds. The molecule has 3 aromatic rings. The lowest BCUT2D eigenvalue weighted by Crippen LogP contribution is -2.28. The minimum atomic E-state index is -0.455. The van der Waals surface area contributed by atoms with Crippen LogP contribution in [-0.4, -0.2) is 35.8 Å². The van der Waals surface area contributed by atoms with Gasteiger partial charge in [0, 0.05) is 11.9 Å². The fraction of sp³-hybridized carbons (Fsp3) is 0.240. The number of benzene rings is 2. The van der Waals surface area contributed by atoms with E-state index >= 15 is 0 Å². The zero-order chi connectivity index (χ0) is 23.2. The van der Waals surface area contributed by atoms with Crippen LogP contribution in [0.4, 0.5) is 10.1 Å². The molecule has 1 aliphatic heterocycles. The third kappa shape index (κ3) is 5.58. The molecule has 1 aliphatic rings. The molecule has 1 aromatic heterocycles. The highest BCUT2D eigenvalue weighted by Crippen LogP contribution is 2.42. The Morgan fingerprint density at radius 3 is 2.70 bits per heavy atom. The average molecular weight is 467 g/mol. The molecule has 6 nitrogen and oxygen atoms in total. The van der Waals surface area contributed by atoms with Crippen molar-refractivity contribution in [1.82, 2.24) is 4.98 Å². The molecule has 0 saturated carbocycles. The molecular formula is C25H23FN2O4S. The van der Waals surface area contributed by atoms with Gasteiger partial charge in [-0.2, -0.15) is 0 Å². The van der Waals surface area contributed by atoms with Crippen molar-refractivity contribution in [2.24, 2.45) is 0 Å². The number of anilines is 1. The summed E-state index contributed by atoms with van der Waals surface area (Å²) in [5.74, 6) is -0.467. The molecule has 0 aliphatic carbocycles. The van der Waals surface area contributed by atoms with Gasteiger partial charge in [-0.25, -0.2) is 9.18 Å². The van der Waals surface area contributed by atoms with Crippen molar-refractivity contribution in [2.45, 2.75) is 18.9 Å². The highest BCUT2D eigenvalue weighted by atomic mass is 32.2. The quantitative estimate of drug-likeness (QED) is 0.355. The highest BCUT2D eigenvalue weighted by Gasteiger charge is 2.35. The molecule has 1 atom stereocenters. The number of pyridine rings is 1. The molecule has 4 rings (SSSR count). The summed E-state index contributed by atoms with van der Waals surface area (Å²) >= 11 is 1.49. The second kappa shape index (κ2) is 10.6. The van der Waals surface area contributed by atoms with E-state index in [0.717, 1.165) is 22.5 Å². The van der Waals surface area contributed by atoms with E-state index in [1.165, 1.54) is 23.9 Å². The average Bonchev–Trinajstić information content (AvgIpc) is 3.21. The van der Waals surface area contributed by atoms with Gasteiger partial charge >= 0.3 is 5.97 Å². The lowest BCUT2D eigenvalue weighted by atomic mass is 10.1. The first-order chi connectivity index (χ1) is 16.0. The molecule has 170 valence electrons. The molecule has 8 heteroatoms. The Morgan fingerprint density at radius 2 is 1.97 bits per heavy atom. The minimum Gasteiger partial charge on any atom is -0.460 e. The van der Waals surface area contributed by atoms with Crippen LogP contribution in [0.3, 0.4) is 0 Å². The van der Waals surface area contributed by atoms with E-state index in [0.29, 0.717) is 17.9 Å². The van der Waals surface area contributed by atoms with Gasteiger partial charge < -0.3 is 9.47 Å². The van der Waals surface area contributed by atoms with Crippen LogP contribution in [0.1, 0.15) is 32.6 Å². The maximum atomic E-state index is 13.3. The maximum absolute atomic E-state index is 13.3. The summed E-state index contributed by atoms with van der Waals surface area (Å²) in [6, 6.07) is 16.9. The predicted molar refractivity (Wildman–Crippen MR) is 124 cm³/mol. The molecule has 0 N–H and O–H groups in total. The molecule has 0 radical (unpaired) electrons. The van der Waals surface area contributed by atoms with E-state index in [1.807, 2.05) is 25.1 Å². The van der Waals surface area contributed by atoms with Crippen LogP contribution in [0.2, 0.25) is 0 Å². The zero-order valence-electron chi connectivity index (χ0n) is 18.1. The van der Waals surface area contributed by atoms with Crippen LogP contribution >= 0.6 is 11.8 Å². The number of aryl methyl sites for hydroxylation is 1. The third-order valence-electron chi connectivity index (χ3n) is 5.15. The van der Waals surface area contributed by atoms with Crippen LogP contribution in [0, 0.1) is 12.7 Å². The summed E-state index contributed by atoms with van der Waals surface area (Å²) in [7, 11) is 0. The summed E-state index contributed by atoms with van der Waals surface area (Å²) in [5, 5.41) is -0.245. The summed E-state index contributed by atoms with van der Waals surface area (Å²) in [5.41, 5.74) is 3.55. The Bertz CT molecular complexity index is 1130. The number of rotatable bonds is 8. The highest BCUT2D eigenvalue weighted by molar-refractivity contribution is 8.00. The molecule has 0 bridgehead atoms. The number of aromatic nitrogens is 1. The topological polar surface area (TPSA) is 68.7 Å². The first-order valence-corrected chi connectivity index (χ1v) is 11.5. The lowest BCUT2D eigenvalue weighted by molar-refractivity contribution is -0.115. The van der Waals surface area contributed by atoms with E-state index in [9.17, 15) is 14.0 Å². The largest absolute Gasteiger partial charge is 0.460 e. The van der Waals surface area contributed by atoms with Crippen molar-refractivity contribution >= 4 is 29.3 Å². The van der Waals surface area contributed by atoms with Crippen molar-refractivity contribution in [3.8, 4) is 0 Å². The van der Waals surface area contributed by atoms with Crippen molar-refractivity contribution in [2.75, 3.05) is 23.9 Å². The van der Waals surface area contributed by atoms with E-state index < -0.39 is 5.97 Å². The number of hydrogen-bond acceptors (Lipinski definition) is 6. The molecule has 33 heavy (non-hydrogen) atoms. The first-order valence-electron chi connectivity index (χ1n) is 10.5. The van der Waals surface area contributed by atoms with Crippen LogP contribution in [0.15, 0.2) is 66.9 Å². The number of amides is 1. The molecule has 2 heterocycles. The second-order valence-corrected chi connectivity index (χ2v) is 8.56. The minimum absolute atomic E-state index is 0.0298. The van der Waals surface area contributed by atoms with E-state index in [1.54, 1.807) is 41.4 Å². The number of thioether (sulfide) groups is 1. The van der Waals surface area contributed by atoms with Gasteiger partial charge in [0.1, 0.15) is 17.8 Å². The number of hydrogen-bond donors (Lipinski definition) is 0. The standard InChI is InChI=1S/C25H23FN2O4S/c1-17-14-19(25(30)32-13-12-31-15-21-4-2-3-11-27-21)7-10-22(17)28-23(29)16-33-24(28)18-5-8-20(26)9-6-18/h2-11,14,24H,12-13,15-16H2,1H3. The van der Waals surface area contributed by atoms with Gasteiger partial charge in [-0.3, -0.25) is 14.7 Å². The molecule has 0 spiro atoms. The lowest BCUT2D eigenvalue weighted by Gasteiger charge is -2.26. The van der Waals surface area contributed by atoms with Crippen molar-refractivity contribution in [3.63, 3.8) is 0 Å². The second-order valence-electron chi connectivity index (χ2n) is 7.49. The number of ether oxygens (including phenoxy) is 2. The zero-order valence-corrected chi connectivity index (χ0v) is 18.9. The van der Waals surface area contributed by atoms with Crippen molar-refractivity contribution in [1.29, 1.82) is 0 Å². The summed E-state index contributed by atoms with van der Waals surface area (Å²) in [4.78, 5) is 30.9. The first kappa shape index (κ1) is 22.9. The Hall–Kier alpha value is -3.23. The summed E-state index contributed by atoms with van der Waals surface area (Å²) < 4.78 is 24.1. The molecule has 1 fully saturated rings. The van der Waals surface area contributed by atoms with E-state index in [4.69, 9.17) is 9.47 Å². The van der Waals surface area contributed by atoms with Crippen LogP contribution in [0.5, 0.6) is 0 Å². The van der Waals surface area contributed by atoms with E-state index in [-0.39, 0.29) is 30.3 Å². The van der Waals surface area contributed by atoms with Gasteiger partial charge in [0.25, 0.3) is 0 Å². The fourth-order valence-corrected chi connectivity index (χ4v) is 4.72. The normalized spacial score (nSPS) is 15.6. The number of esters is 1. The van der Waals surface area contributed by atoms with Crippen LogP contribution in [-0.2, 0) is 20.9 Å². The van der Waals surface area contributed by atoms with Crippen LogP contribution in [0.25, 0.3) is 0 Å². The predicted octanol–water partition coefficient (Wildman–Crippen LogP) is 4.68. The molecule has 2 aromatic carbocycles. The van der Waals surface area contributed by atoms with Gasteiger partial charge in [0.15, 0.2) is 0 Å². The Kier molecular flexibility index (Phi) is 7.36. The third-order valence-corrected chi connectivity index (χ3v) is 6.36. The van der Waals surface area contributed by atoms with Crippen LogP contribution < -0.4 is 4.90 Å². The van der Waals surface area contributed by atoms with Gasteiger partial charge in [-0.05, 0) is 60.5 Å². The SMILES string of the molecule is Cc1cc(C(=O)OCCOCc2ccccn2)ccc1N1C(=O)CSC1c1ccc(F)cc1. The van der Waals surface area contributed by atoms with Gasteiger partial charge in [-0.1, -0.05) is 18.2 Å². The van der Waals surface area contributed by atoms with Gasteiger partial charge in [0.2, 0.25) is 5.91 Å². The molecular weight excluding hydrogens is 443 g/mol. The number of carbonyl (C=O) groups excluding carboxylic acids is 2. The summed E-state index contributed by atoms with van der Waals surface area (Å²) in [6.07, 6.45) is 1.70. The van der Waals surface area contributed by atoms with Gasteiger partial charge in [-0.15, -0.1) is 11.8 Å². The number of halogens is 1. The Balaban J connectivity index is 1.37. The molecule has 1 unspecified atom stereocenters. The number of nitrogens with zero attached hydrogens (tertiary/aromatic N) is 2. The fourth-order valence-electron chi connectivity index (χ4n) is 3.55. The summed E-state index contributed by atoms with van der Waals surface area (Å²) in [6.45, 7) is 2.59. The van der Waals surface area contributed by atoms with E-state index in [2.05, 4.69) is 4.98 Å². The Morgan fingerprint density at radius 1 is 1.15 bits per heavy atom. The smallest absolute Gasteiger partial charge is 0.338 e. The maximum Gasteiger partial charge on any atom is 0.338 e. The van der Waals surface area contributed by atoms with Gasteiger partial charge in [0.05, 0.1) is 30.2 Å². The van der Waals surface area contributed by atoms with Crippen molar-refractivity contribution in [3.05, 3.63) is 95.1 Å². The molecule has 1 saturated heterocycles. The number of carbonyl (C=O) groups is 2. The monoisotopic (exact) mass is 466 g/mol. The van der Waals surface area contributed by atoms with Crippen molar-refractivity contribution < 1.29 is 23.5 Å². The Labute approximate surface area is 195 Å².